The zero-order valence-corrected chi connectivity index (χ0v) is 15.4. The molecule has 0 saturated heterocycles. The molecule has 2 rings (SSSR count). The number of amides is 1. The molecule has 0 unspecified atom stereocenters. The van der Waals surface area contributed by atoms with Gasteiger partial charge in [0.2, 0.25) is 0 Å². The molecule has 1 heterocycles. The van der Waals surface area contributed by atoms with Crippen molar-refractivity contribution in [1.29, 1.82) is 0 Å². The predicted molar refractivity (Wildman–Crippen MR) is 98.5 cm³/mol. The molecule has 6 heteroatoms. The number of rotatable bonds is 6. The van der Waals surface area contributed by atoms with Crippen LogP contribution in [0.4, 0.5) is 0 Å². The summed E-state index contributed by atoms with van der Waals surface area (Å²) >= 11 is 0.822. The van der Waals surface area contributed by atoms with Crippen LogP contribution in [-0.4, -0.2) is 28.4 Å². The highest BCUT2D eigenvalue weighted by molar-refractivity contribution is 7.16. The molecule has 0 fully saturated rings. The largest absolute Gasteiger partial charge is 0.503 e. The smallest absolute Gasteiger partial charge is 0.265 e. The average Bonchev–Trinajstić information content (AvgIpc) is 2.86. The monoisotopic (exact) mass is 361 g/mol. The van der Waals surface area contributed by atoms with Gasteiger partial charge in [0.25, 0.3) is 5.91 Å². The van der Waals surface area contributed by atoms with Crippen molar-refractivity contribution in [3.05, 3.63) is 45.6 Å². The Balaban J connectivity index is 1.99. The van der Waals surface area contributed by atoms with E-state index >= 15 is 0 Å². The lowest BCUT2D eigenvalue weighted by Gasteiger charge is -2.14. The van der Waals surface area contributed by atoms with E-state index in [0.29, 0.717) is 6.54 Å². The van der Waals surface area contributed by atoms with Crippen LogP contribution in [0.5, 0.6) is 11.5 Å². The number of ketones is 1. The van der Waals surface area contributed by atoms with Crippen LogP contribution >= 0.6 is 11.3 Å². The summed E-state index contributed by atoms with van der Waals surface area (Å²) in [5.74, 6) is -1.84. The van der Waals surface area contributed by atoms with Crippen LogP contribution < -0.4 is 5.32 Å². The van der Waals surface area contributed by atoms with Gasteiger partial charge in [-0.1, -0.05) is 51.1 Å². The van der Waals surface area contributed by atoms with Gasteiger partial charge in [-0.15, -0.1) is 11.3 Å². The van der Waals surface area contributed by atoms with Gasteiger partial charge in [-0.05, 0) is 18.4 Å². The number of thiophene rings is 1. The Labute approximate surface area is 151 Å². The van der Waals surface area contributed by atoms with E-state index in [1.165, 1.54) is 5.56 Å². The number of hydrogen-bond donors (Lipinski definition) is 3. The SMILES string of the molecule is CC(C)(C)C(=O)c1sc(C(=O)NCCCc2ccccc2)c(O)c1O. The average molecular weight is 361 g/mol. The molecule has 0 aliphatic rings. The lowest BCUT2D eigenvalue weighted by Crippen LogP contribution is -2.24. The summed E-state index contributed by atoms with van der Waals surface area (Å²) in [7, 11) is 0. The Morgan fingerprint density at radius 1 is 1.04 bits per heavy atom. The first-order valence-corrected chi connectivity index (χ1v) is 8.95. The van der Waals surface area contributed by atoms with Crippen LogP contribution in [0.1, 0.15) is 52.1 Å². The lowest BCUT2D eigenvalue weighted by atomic mass is 9.90. The first-order chi connectivity index (χ1) is 11.7. The summed E-state index contributed by atoms with van der Waals surface area (Å²) in [6, 6.07) is 9.93. The fraction of sp³-hybridized carbons (Fsp3) is 0.368. The van der Waals surface area contributed by atoms with Gasteiger partial charge >= 0.3 is 0 Å². The zero-order valence-electron chi connectivity index (χ0n) is 14.6. The fourth-order valence-corrected chi connectivity index (χ4v) is 3.44. The van der Waals surface area contributed by atoms with Gasteiger partial charge in [-0.2, -0.15) is 0 Å². The minimum absolute atomic E-state index is 0.0134. The van der Waals surface area contributed by atoms with Crippen molar-refractivity contribution in [2.75, 3.05) is 6.54 Å². The molecule has 0 atom stereocenters. The van der Waals surface area contributed by atoms with Crippen LogP contribution in [-0.2, 0) is 6.42 Å². The Morgan fingerprint density at radius 2 is 1.64 bits per heavy atom. The Bertz CT molecular complexity index is 760. The minimum Gasteiger partial charge on any atom is -0.503 e. The summed E-state index contributed by atoms with van der Waals surface area (Å²) < 4.78 is 0. The van der Waals surface area contributed by atoms with Crippen LogP contribution in [0.25, 0.3) is 0 Å². The number of carbonyl (C=O) groups excluding carboxylic acids is 2. The number of benzene rings is 1. The topological polar surface area (TPSA) is 86.6 Å². The normalized spacial score (nSPS) is 11.3. The molecular weight excluding hydrogens is 338 g/mol. The third-order valence-corrected chi connectivity index (χ3v) is 4.89. The van der Waals surface area contributed by atoms with Crippen molar-refractivity contribution < 1.29 is 19.8 Å². The molecule has 1 amide bonds. The van der Waals surface area contributed by atoms with Gasteiger partial charge in [0.1, 0.15) is 9.75 Å². The second-order valence-electron chi connectivity index (χ2n) is 6.88. The first-order valence-electron chi connectivity index (χ1n) is 8.13. The molecule has 0 aliphatic heterocycles. The predicted octanol–water partition coefficient (Wildman–Crippen LogP) is 3.75. The van der Waals surface area contributed by atoms with Crippen LogP contribution in [0.2, 0.25) is 0 Å². The quantitative estimate of drug-likeness (QED) is 0.540. The molecule has 134 valence electrons. The van der Waals surface area contributed by atoms with Crippen molar-refractivity contribution in [2.45, 2.75) is 33.6 Å². The lowest BCUT2D eigenvalue weighted by molar-refractivity contribution is 0.0859. The molecule has 3 N–H and O–H groups in total. The maximum Gasteiger partial charge on any atom is 0.265 e. The molecule has 5 nitrogen and oxygen atoms in total. The van der Waals surface area contributed by atoms with Crippen LogP contribution in [0.15, 0.2) is 30.3 Å². The van der Waals surface area contributed by atoms with Gasteiger partial charge in [-0.25, -0.2) is 0 Å². The number of nitrogens with one attached hydrogen (secondary N) is 1. The minimum atomic E-state index is -0.710. The summed E-state index contributed by atoms with van der Waals surface area (Å²) in [4.78, 5) is 24.5. The highest BCUT2D eigenvalue weighted by Crippen LogP contribution is 2.42. The maximum absolute atomic E-state index is 12.3. The van der Waals surface area contributed by atoms with Gasteiger partial charge in [0.15, 0.2) is 17.3 Å². The third kappa shape index (κ3) is 4.60. The molecule has 1 aromatic carbocycles. The zero-order chi connectivity index (χ0) is 18.6. The molecule has 0 saturated carbocycles. The number of aryl methyl sites for hydroxylation is 1. The van der Waals surface area contributed by atoms with E-state index in [-0.39, 0.29) is 15.5 Å². The fourth-order valence-electron chi connectivity index (χ4n) is 2.28. The second kappa shape index (κ2) is 7.70. The highest BCUT2D eigenvalue weighted by atomic mass is 32.1. The Kier molecular flexibility index (Phi) is 5.85. The Morgan fingerprint density at radius 3 is 2.24 bits per heavy atom. The van der Waals surface area contributed by atoms with E-state index in [9.17, 15) is 19.8 Å². The highest BCUT2D eigenvalue weighted by Gasteiger charge is 2.31. The third-order valence-electron chi connectivity index (χ3n) is 3.72. The summed E-state index contributed by atoms with van der Waals surface area (Å²) in [6.45, 7) is 5.59. The van der Waals surface area contributed by atoms with Gasteiger partial charge in [0.05, 0.1) is 0 Å². The molecule has 25 heavy (non-hydrogen) atoms. The number of aromatic hydroxyl groups is 2. The van der Waals surface area contributed by atoms with E-state index in [0.717, 1.165) is 24.2 Å². The maximum atomic E-state index is 12.3. The molecule has 1 aromatic heterocycles. The summed E-state index contributed by atoms with van der Waals surface area (Å²) in [5.41, 5.74) is 0.476. The van der Waals surface area contributed by atoms with E-state index in [4.69, 9.17) is 0 Å². The number of carbonyl (C=O) groups is 2. The van der Waals surface area contributed by atoms with Gasteiger partial charge in [-0.3, -0.25) is 9.59 Å². The molecule has 0 aliphatic carbocycles. The van der Waals surface area contributed by atoms with Crippen molar-refractivity contribution in [2.24, 2.45) is 5.41 Å². The first kappa shape index (κ1) is 19.0. The van der Waals surface area contributed by atoms with E-state index in [1.807, 2.05) is 30.3 Å². The Hall–Kier alpha value is -2.34. The van der Waals surface area contributed by atoms with Crippen molar-refractivity contribution >= 4 is 23.0 Å². The van der Waals surface area contributed by atoms with Crippen LogP contribution in [0.3, 0.4) is 0 Å². The molecule has 0 bridgehead atoms. The number of hydrogen-bond acceptors (Lipinski definition) is 5. The van der Waals surface area contributed by atoms with Gasteiger partial charge in [0, 0.05) is 12.0 Å². The van der Waals surface area contributed by atoms with Crippen molar-refractivity contribution in [1.82, 2.24) is 5.32 Å². The second-order valence-corrected chi connectivity index (χ2v) is 7.90. The van der Waals surface area contributed by atoms with E-state index in [2.05, 4.69) is 5.32 Å². The molecule has 2 aromatic rings. The summed E-state index contributed by atoms with van der Waals surface area (Å²) in [5, 5.41) is 22.7. The van der Waals surface area contributed by atoms with Crippen molar-refractivity contribution in [3.8, 4) is 11.5 Å². The van der Waals surface area contributed by atoms with Crippen molar-refractivity contribution in [3.63, 3.8) is 0 Å². The van der Waals surface area contributed by atoms with E-state index < -0.39 is 22.8 Å². The van der Waals surface area contributed by atoms with Crippen LogP contribution in [0, 0.1) is 5.41 Å². The molecule has 0 radical (unpaired) electrons. The standard InChI is InChI=1S/C19H23NO4S/c1-19(2,3)17(23)15-13(21)14(22)16(25-15)18(24)20-11-7-10-12-8-5-4-6-9-12/h4-6,8-9,21-22H,7,10-11H2,1-3H3,(H,20,24). The summed E-state index contributed by atoms with van der Waals surface area (Å²) in [6.07, 6.45) is 1.58. The molecule has 0 spiro atoms. The van der Waals surface area contributed by atoms with Gasteiger partial charge < -0.3 is 15.5 Å². The number of Topliss-reactive ketones (excluding diaryl/α,β-unsaturated/α-hetero) is 1. The van der Waals surface area contributed by atoms with E-state index in [1.54, 1.807) is 20.8 Å². The molecular formula is C19H23NO4S.